The van der Waals surface area contributed by atoms with Gasteiger partial charge in [-0.15, -0.1) is 6.42 Å². The third-order valence-electron chi connectivity index (χ3n) is 2.84. The monoisotopic (exact) mass is 254 g/mol. The molecule has 6 heteroatoms. The van der Waals surface area contributed by atoms with Gasteiger partial charge in [-0.25, -0.2) is 9.59 Å². The van der Waals surface area contributed by atoms with E-state index < -0.39 is 17.5 Å². The summed E-state index contributed by atoms with van der Waals surface area (Å²) in [4.78, 5) is 24.7. The maximum Gasteiger partial charge on any atom is 0.332 e. The number of nitrogens with one attached hydrogen (secondary N) is 1. The first kappa shape index (κ1) is 14.3. The first-order valence-corrected chi connectivity index (χ1v) is 5.87. The number of carboxylic acid groups (broad SMARTS) is 1. The van der Waals surface area contributed by atoms with Crippen LogP contribution in [0.15, 0.2) is 0 Å². The van der Waals surface area contributed by atoms with Gasteiger partial charge in [0.15, 0.2) is 5.54 Å². The van der Waals surface area contributed by atoms with Crippen LogP contribution in [0.25, 0.3) is 0 Å². The van der Waals surface area contributed by atoms with E-state index in [1.807, 2.05) is 6.92 Å². The van der Waals surface area contributed by atoms with Gasteiger partial charge in [-0.1, -0.05) is 12.8 Å². The second-order valence-corrected chi connectivity index (χ2v) is 4.25. The molecule has 1 atom stereocenters. The highest BCUT2D eigenvalue weighted by Crippen LogP contribution is 2.19. The molecule has 6 nitrogen and oxygen atoms in total. The van der Waals surface area contributed by atoms with E-state index in [9.17, 15) is 14.7 Å². The highest BCUT2D eigenvalue weighted by atomic mass is 16.5. The summed E-state index contributed by atoms with van der Waals surface area (Å²) in [6, 6.07) is -0.456. The lowest BCUT2D eigenvalue weighted by Gasteiger charge is -2.28. The maximum atomic E-state index is 12.0. The summed E-state index contributed by atoms with van der Waals surface area (Å²) in [5.74, 6) is 1.31. The lowest BCUT2D eigenvalue weighted by atomic mass is 9.99. The fraction of sp³-hybridized carbons (Fsp3) is 0.667. The van der Waals surface area contributed by atoms with Crippen molar-refractivity contribution >= 4 is 12.0 Å². The number of terminal acetylenes is 1. The smallest absolute Gasteiger partial charge is 0.332 e. The fourth-order valence-corrected chi connectivity index (χ4v) is 1.80. The number of rotatable bonds is 5. The average Bonchev–Trinajstić information content (AvgIpc) is 2.78. The Morgan fingerprint density at radius 3 is 2.78 bits per heavy atom. The van der Waals surface area contributed by atoms with Crippen LogP contribution in [0.2, 0.25) is 0 Å². The molecule has 0 aromatic rings. The molecule has 100 valence electrons. The Balaban J connectivity index is 2.71. The van der Waals surface area contributed by atoms with E-state index in [1.54, 1.807) is 0 Å². The fourth-order valence-electron chi connectivity index (χ4n) is 1.80. The molecule has 0 saturated carbocycles. The van der Waals surface area contributed by atoms with Crippen LogP contribution in [0, 0.1) is 12.3 Å². The van der Waals surface area contributed by atoms with Crippen molar-refractivity contribution in [2.24, 2.45) is 0 Å². The van der Waals surface area contributed by atoms with Crippen molar-refractivity contribution in [2.75, 3.05) is 26.3 Å². The molecule has 1 aliphatic heterocycles. The molecule has 1 unspecified atom stereocenters. The van der Waals surface area contributed by atoms with Gasteiger partial charge in [-0.3, -0.25) is 0 Å². The van der Waals surface area contributed by atoms with Crippen molar-refractivity contribution in [1.29, 1.82) is 0 Å². The summed E-state index contributed by atoms with van der Waals surface area (Å²) >= 11 is 0. The SMILES string of the molecule is C#CCN(CCC)C(=O)NC1(C(=O)O)CCOC1. The summed E-state index contributed by atoms with van der Waals surface area (Å²) < 4.78 is 5.07. The number of hydrogen-bond donors (Lipinski definition) is 2. The third-order valence-corrected chi connectivity index (χ3v) is 2.84. The average molecular weight is 254 g/mol. The largest absolute Gasteiger partial charge is 0.479 e. The summed E-state index contributed by atoms with van der Waals surface area (Å²) in [6.45, 7) is 2.89. The third kappa shape index (κ3) is 3.14. The Morgan fingerprint density at radius 2 is 2.33 bits per heavy atom. The van der Waals surface area contributed by atoms with Crippen LogP contribution in [0.4, 0.5) is 4.79 Å². The number of carbonyl (C=O) groups excluding carboxylic acids is 1. The predicted molar refractivity (Wildman–Crippen MR) is 65.0 cm³/mol. The highest BCUT2D eigenvalue weighted by Gasteiger charge is 2.44. The van der Waals surface area contributed by atoms with Crippen LogP contribution < -0.4 is 5.32 Å². The molecule has 0 radical (unpaired) electrons. The van der Waals surface area contributed by atoms with Gasteiger partial charge in [0.25, 0.3) is 0 Å². The zero-order valence-corrected chi connectivity index (χ0v) is 10.4. The molecule has 0 bridgehead atoms. The minimum Gasteiger partial charge on any atom is -0.479 e. The van der Waals surface area contributed by atoms with Crippen molar-refractivity contribution < 1.29 is 19.4 Å². The standard InChI is InChI=1S/C12H18N2O4/c1-3-6-14(7-4-2)11(17)13-12(10(15)16)5-8-18-9-12/h1H,4-9H2,2H3,(H,13,17)(H,15,16). The van der Waals surface area contributed by atoms with Crippen LogP contribution in [-0.4, -0.2) is 53.8 Å². The number of ether oxygens (including phenoxy) is 1. The van der Waals surface area contributed by atoms with Gasteiger partial charge < -0.3 is 20.1 Å². The van der Waals surface area contributed by atoms with Gasteiger partial charge in [-0.05, 0) is 6.42 Å². The molecular formula is C12H18N2O4. The van der Waals surface area contributed by atoms with Crippen molar-refractivity contribution in [1.82, 2.24) is 10.2 Å². The Hall–Kier alpha value is -1.74. The number of carbonyl (C=O) groups is 2. The first-order chi connectivity index (χ1) is 8.55. The Bertz CT molecular complexity index is 356. The predicted octanol–water partition coefficient (Wildman–Crippen LogP) is 0.285. The van der Waals surface area contributed by atoms with Crippen LogP contribution in [0.5, 0.6) is 0 Å². The van der Waals surface area contributed by atoms with Crippen molar-refractivity contribution in [3.05, 3.63) is 0 Å². The molecule has 1 heterocycles. The molecule has 0 spiro atoms. The lowest BCUT2D eigenvalue weighted by molar-refractivity contribution is -0.144. The molecule has 2 N–H and O–H groups in total. The number of carboxylic acids is 1. The lowest BCUT2D eigenvalue weighted by Crippen LogP contribution is -2.58. The summed E-state index contributed by atoms with van der Waals surface area (Å²) in [5, 5.41) is 11.7. The Labute approximate surface area is 106 Å². The van der Waals surface area contributed by atoms with E-state index in [-0.39, 0.29) is 19.6 Å². The van der Waals surface area contributed by atoms with Crippen LogP contribution in [0.3, 0.4) is 0 Å². The van der Waals surface area contributed by atoms with E-state index in [0.717, 1.165) is 6.42 Å². The van der Waals surface area contributed by atoms with Crippen molar-refractivity contribution in [3.63, 3.8) is 0 Å². The number of aliphatic carboxylic acids is 1. The first-order valence-electron chi connectivity index (χ1n) is 5.87. The minimum atomic E-state index is -1.32. The summed E-state index contributed by atoms with van der Waals surface area (Å²) in [6.07, 6.45) is 6.21. The second-order valence-electron chi connectivity index (χ2n) is 4.25. The van der Waals surface area contributed by atoms with Gasteiger partial charge in [0, 0.05) is 19.6 Å². The molecule has 0 aliphatic carbocycles. The van der Waals surface area contributed by atoms with Gasteiger partial charge in [0.1, 0.15) is 0 Å². The molecule has 18 heavy (non-hydrogen) atoms. The highest BCUT2D eigenvalue weighted by molar-refractivity contribution is 5.86. The summed E-state index contributed by atoms with van der Waals surface area (Å²) in [5.41, 5.74) is -1.32. The van der Waals surface area contributed by atoms with E-state index in [0.29, 0.717) is 13.2 Å². The van der Waals surface area contributed by atoms with Gasteiger partial charge in [-0.2, -0.15) is 0 Å². The number of amides is 2. The van der Waals surface area contributed by atoms with E-state index in [2.05, 4.69) is 11.2 Å². The number of nitrogens with zero attached hydrogens (tertiary/aromatic N) is 1. The van der Waals surface area contributed by atoms with E-state index in [1.165, 1.54) is 4.90 Å². The zero-order chi connectivity index (χ0) is 13.6. The second kappa shape index (κ2) is 6.26. The minimum absolute atomic E-state index is 0.00983. The van der Waals surface area contributed by atoms with E-state index >= 15 is 0 Å². The Kier molecular flexibility index (Phi) is 4.98. The summed E-state index contributed by atoms with van der Waals surface area (Å²) in [7, 11) is 0. The topological polar surface area (TPSA) is 78.9 Å². The number of hydrogen-bond acceptors (Lipinski definition) is 3. The molecular weight excluding hydrogens is 236 g/mol. The molecule has 1 fully saturated rings. The van der Waals surface area contributed by atoms with Crippen LogP contribution in [0.1, 0.15) is 19.8 Å². The number of urea groups is 1. The molecule has 0 aromatic heterocycles. The Morgan fingerprint density at radius 1 is 1.61 bits per heavy atom. The zero-order valence-electron chi connectivity index (χ0n) is 10.4. The van der Waals surface area contributed by atoms with Gasteiger partial charge >= 0.3 is 12.0 Å². The van der Waals surface area contributed by atoms with E-state index in [4.69, 9.17) is 11.2 Å². The van der Waals surface area contributed by atoms with Crippen LogP contribution >= 0.6 is 0 Å². The van der Waals surface area contributed by atoms with Crippen molar-refractivity contribution in [2.45, 2.75) is 25.3 Å². The van der Waals surface area contributed by atoms with Gasteiger partial charge in [0.05, 0.1) is 13.2 Å². The molecule has 1 saturated heterocycles. The molecule has 2 amide bonds. The van der Waals surface area contributed by atoms with Crippen molar-refractivity contribution in [3.8, 4) is 12.3 Å². The molecule has 0 aromatic carbocycles. The maximum absolute atomic E-state index is 12.0. The molecule has 1 rings (SSSR count). The molecule has 1 aliphatic rings. The quantitative estimate of drug-likeness (QED) is 0.691. The van der Waals surface area contributed by atoms with Gasteiger partial charge in [0.2, 0.25) is 0 Å². The normalized spacial score (nSPS) is 22.2. The van der Waals surface area contributed by atoms with Crippen LogP contribution in [-0.2, 0) is 9.53 Å².